The first-order valence-corrected chi connectivity index (χ1v) is 10.1. The molecule has 28 heavy (non-hydrogen) atoms. The lowest BCUT2D eigenvalue weighted by molar-refractivity contribution is 0.101. The number of fused-ring (bicyclic) bond motifs is 1. The van der Waals surface area contributed by atoms with Crippen molar-refractivity contribution in [3.63, 3.8) is 0 Å². The lowest BCUT2D eigenvalue weighted by atomic mass is 9.89. The van der Waals surface area contributed by atoms with E-state index < -0.39 is 0 Å². The van der Waals surface area contributed by atoms with E-state index in [2.05, 4.69) is 20.3 Å². The first-order valence-electron chi connectivity index (χ1n) is 10.1. The number of hydrogen-bond donors (Lipinski definition) is 2. The van der Waals surface area contributed by atoms with Gasteiger partial charge in [-0.1, -0.05) is 18.6 Å². The van der Waals surface area contributed by atoms with E-state index in [0.717, 1.165) is 37.8 Å². The monoisotopic (exact) mass is 373 g/mol. The molecule has 3 heterocycles. The molecule has 0 spiro atoms. The molecule has 1 aliphatic heterocycles. The van der Waals surface area contributed by atoms with Crippen molar-refractivity contribution in [3.8, 4) is 17.0 Å². The predicted molar refractivity (Wildman–Crippen MR) is 111 cm³/mol. The Morgan fingerprint density at radius 1 is 1.11 bits per heavy atom. The van der Waals surface area contributed by atoms with Gasteiger partial charge in [0.05, 0.1) is 5.69 Å². The van der Waals surface area contributed by atoms with Crippen LogP contribution in [0, 0.1) is 0 Å². The van der Waals surface area contributed by atoms with Gasteiger partial charge in [-0.15, -0.1) is 0 Å². The number of para-hydroxylation sites is 1. The minimum atomic E-state index is 0.206. The van der Waals surface area contributed by atoms with Gasteiger partial charge < -0.3 is 15.3 Å². The molecule has 0 bridgehead atoms. The lowest BCUT2D eigenvalue weighted by Crippen LogP contribution is -2.47. The molecule has 6 nitrogen and oxygen atoms in total. The van der Waals surface area contributed by atoms with E-state index >= 15 is 0 Å². The highest BCUT2D eigenvalue weighted by Crippen LogP contribution is 2.31. The van der Waals surface area contributed by atoms with Crippen LogP contribution in [0.25, 0.3) is 16.9 Å². The number of nitrogens with zero attached hydrogens (tertiary/aromatic N) is 4. The summed E-state index contributed by atoms with van der Waals surface area (Å²) in [5.74, 6) is 1.07. The van der Waals surface area contributed by atoms with E-state index in [1.54, 1.807) is 22.8 Å². The number of piperidine rings is 1. The standard InChI is InChI=1S/C21H24BN5O/c22-17-13-23-27-20(24-14-8-10-26(11-9-14)15-4-3-5-15)12-18(25-21(17)27)16-6-1-2-7-19(16)28/h1-2,6-7,12-15,24,28H,3-5,8-11H2. The number of rotatable bonds is 4. The quantitative estimate of drug-likeness (QED) is 0.688. The lowest BCUT2D eigenvalue weighted by Gasteiger charge is -2.42. The minimum absolute atomic E-state index is 0.206. The van der Waals surface area contributed by atoms with Gasteiger partial charge in [0.25, 0.3) is 0 Å². The molecular formula is C21H24BN5O. The van der Waals surface area contributed by atoms with Crippen LogP contribution in [0.1, 0.15) is 32.1 Å². The molecule has 5 rings (SSSR count). The molecule has 3 aromatic rings. The fourth-order valence-electron chi connectivity index (χ4n) is 4.28. The predicted octanol–water partition coefficient (Wildman–Crippen LogP) is 2.32. The maximum absolute atomic E-state index is 10.3. The molecule has 2 aliphatic rings. The van der Waals surface area contributed by atoms with Crippen LogP contribution in [0.4, 0.5) is 5.82 Å². The molecule has 0 amide bonds. The average molecular weight is 373 g/mol. The molecule has 2 radical (unpaired) electrons. The smallest absolute Gasteiger partial charge is 0.150 e. The Kier molecular flexibility index (Phi) is 4.47. The number of nitrogens with one attached hydrogen (secondary N) is 1. The van der Waals surface area contributed by atoms with Gasteiger partial charge in [-0.3, -0.25) is 0 Å². The highest BCUT2D eigenvalue weighted by Gasteiger charge is 2.29. The Labute approximate surface area is 166 Å². The number of likely N-dealkylation sites (tertiary alicyclic amines) is 1. The van der Waals surface area contributed by atoms with Crippen LogP contribution in [-0.2, 0) is 0 Å². The molecule has 1 saturated carbocycles. The fourth-order valence-corrected chi connectivity index (χ4v) is 4.28. The minimum Gasteiger partial charge on any atom is -0.507 e. The summed E-state index contributed by atoms with van der Waals surface area (Å²) in [6.45, 7) is 2.29. The number of benzene rings is 1. The van der Waals surface area contributed by atoms with Gasteiger partial charge in [0.2, 0.25) is 0 Å². The molecule has 1 aliphatic carbocycles. The van der Waals surface area contributed by atoms with E-state index in [-0.39, 0.29) is 5.75 Å². The molecular weight excluding hydrogens is 349 g/mol. The second-order valence-electron chi connectivity index (χ2n) is 7.92. The van der Waals surface area contributed by atoms with Crippen LogP contribution in [0.2, 0.25) is 0 Å². The molecule has 0 atom stereocenters. The summed E-state index contributed by atoms with van der Waals surface area (Å²) in [6.07, 6.45) is 7.96. The van der Waals surface area contributed by atoms with E-state index in [1.807, 2.05) is 18.2 Å². The SMILES string of the molecule is [B]c1cnn2c(NC3CCN(C4CCC4)CC3)cc(-c3ccccc3O)nc12. The molecule has 7 heteroatoms. The summed E-state index contributed by atoms with van der Waals surface area (Å²) in [5, 5.41) is 18.3. The average Bonchev–Trinajstić information content (AvgIpc) is 3.04. The zero-order valence-electron chi connectivity index (χ0n) is 15.9. The van der Waals surface area contributed by atoms with Crippen LogP contribution in [0.3, 0.4) is 0 Å². The summed E-state index contributed by atoms with van der Waals surface area (Å²) < 4.78 is 1.76. The summed E-state index contributed by atoms with van der Waals surface area (Å²) in [5.41, 5.74) is 2.51. The summed E-state index contributed by atoms with van der Waals surface area (Å²) in [6, 6.07) is 10.4. The fraction of sp³-hybridized carbons (Fsp3) is 0.429. The van der Waals surface area contributed by atoms with Gasteiger partial charge >= 0.3 is 0 Å². The van der Waals surface area contributed by atoms with Crippen LogP contribution in [-0.4, -0.2) is 57.6 Å². The zero-order chi connectivity index (χ0) is 19.1. The first-order chi connectivity index (χ1) is 13.7. The van der Waals surface area contributed by atoms with Crippen molar-refractivity contribution in [2.75, 3.05) is 18.4 Å². The van der Waals surface area contributed by atoms with E-state index in [4.69, 9.17) is 7.85 Å². The number of aromatic nitrogens is 3. The summed E-state index contributed by atoms with van der Waals surface area (Å²) in [7, 11) is 6.09. The highest BCUT2D eigenvalue weighted by molar-refractivity contribution is 6.36. The number of phenolic OH excluding ortho intramolecular Hbond substituents is 1. The molecule has 2 aromatic heterocycles. The normalized spacial score (nSPS) is 19.0. The van der Waals surface area contributed by atoms with Crippen molar-refractivity contribution in [3.05, 3.63) is 36.5 Å². The third-order valence-electron chi connectivity index (χ3n) is 6.15. The van der Waals surface area contributed by atoms with Gasteiger partial charge in [-0.2, -0.15) is 9.61 Å². The summed E-state index contributed by atoms with van der Waals surface area (Å²) >= 11 is 0. The van der Waals surface area contributed by atoms with E-state index in [0.29, 0.717) is 28.4 Å². The Balaban J connectivity index is 1.43. The van der Waals surface area contributed by atoms with E-state index in [1.165, 1.54) is 19.3 Å². The highest BCUT2D eigenvalue weighted by atomic mass is 16.3. The first kappa shape index (κ1) is 17.6. The third kappa shape index (κ3) is 3.13. The number of aromatic hydroxyl groups is 1. The van der Waals surface area contributed by atoms with Crippen LogP contribution < -0.4 is 10.8 Å². The Hall–Kier alpha value is -2.54. The zero-order valence-corrected chi connectivity index (χ0v) is 15.9. The molecule has 0 unspecified atom stereocenters. The number of phenols is 1. The maximum atomic E-state index is 10.3. The molecule has 142 valence electrons. The molecule has 1 aromatic carbocycles. The van der Waals surface area contributed by atoms with Crippen molar-refractivity contribution in [2.24, 2.45) is 0 Å². The number of hydrogen-bond acceptors (Lipinski definition) is 5. The van der Waals surface area contributed by atoms with Crippen molar-refractivity contribution in [1.82, 2.24) is 19.5 Å². The maximum Gasteiger partial charge on any atom is 0.150 e. The molecule has 2 fully saturated rings. The Morgan fingerprint density at radius 2 is 1.89 bits per heavy atom. The Bertz CT molecular complexity index is 992. The van der Waals surface area contributed by atoms with Crippen LogP contribution >= 0.6 is 0 Å². The van der Waals surface area contributed by atoms with Crippen molar-refractivity contribution in [1.29, 1.82) is 0 Å². The second kappa shape index (κ2) is 7.13. The summed E-state index contributed by atoms with van der Waals surface area (Å²) in [4.78, 5) is 7.28. The van der Waals surface area contributed by atoms with Crippen LogP contribution in [0.5, 0.6) is 5.75 Å². The van der Waals surface area contributed by atoms with E-state index in [9.17, 15) is 5.11 Å². The van der Waals surface area contributed by atoms with Crippen molar-refractivity contribution in [2.45, 2.75) is 44.2 Å². The number of anilines is 1. The molecule has 1 saturated heterocycles. The largest absolute Gasteiger partial charge is 0.507 e. The van der Waals surface area contributed by atoms with Gasteiger partial charge in [0.1, 0.15) is 19.4 Å². The topological polar surface area (TPSA) is 65.7 Å². The molecule has 2 N–H and O–H groups in total. The van der Waals surface area contributed by atoms with Gasteiger partial charge in [-0.25, -0.2) is 4.98 Å². The van der Waals surface area contributed by atoms with Crippen molar-refractivity contribution < 1.29 is 5.11 Å². The van der Waals surface area contributed by atoms with Gasteiger partial charge in [0, 0.05) is 43.0 Å². The van der Waals surface area contributed by atoms with Gasteiger partial charge in [-0.05, 0) is 43.3 Å². The van der Waals surface area contributed by atoms with Crippen LogP contribution in [0.15, 0.2) is 36.5 Å². The second-order valence-corrected chi connectivity index (χ2v) is 7.92. The third-order valence-corrected chi connectivity index (χ3v) is 6.15. The Morgan fingerprint density at radius 3 is 2.61 bits per heavy atom. The van der Waals surface area contributed by atoms with Crippen molar-refractivity contribution >= 4 is 24.8 Å². The van der Waals surface area contributed by atoms with Gasteiger partial charge in [0.15, 0.2) is 5.65 Å².